The van der Waals surface area contributed by atoms with E-state index < -0.39 is 11.8 Å². The Balaban J connectivity index is 2.25. The predicted octanol–water partition coefficient (Wildman–Crippen LogP) is 0.783. The summed E-state index contributed by atoms with van der Waals surface area (Å²) in [4.78, 5) is 25.2. The van der Waals surface area contributed by atoms with Gasteiger partial charge in [-0.15, -0.1) is 0 Å². The number of carbonyl (C=O) groups is 1. The monoisotopic (exact) mass is 198 g/mol. The normalized spacial score (nSPS) is 21.4. The molecule has 76 valence electrons. The van der Waals surface area contributed by atoms with Gasteiger partial charge in [-0.25, -0.2) is 9.59 Å². The van der Waals surface area contributed by atoms with E-state index in [4.69, 9.17) is 9.52 Å². The van der Waals surface area contributed by atoms with Crippen LogP contribution in [0, 0.1) is 0 Å². The molecule has 1 aromatic heterocycles. The zero-order valence-electron chi connectivity index (χ0n) is 7.40. The van der Waals surface area contributed by atoms with Gasteiger partial charge in [-0.2, -0.15) is 0 Å². The number of hydrogen-bond acceptors (Lipinski definition) is 3. The van der Waals surface area contributed by atoms with Crippen LogP contribution in [0.5, 0.6) is 0 Å². The van der Waals surface area contributed by atoms with Crippen molar-refractivity contribution in [2.75, 3.05) is 6.54 Å². The second-order valence-electron chi connectivity index (χ2n) is 3.21. The molecule has 14 heavy (non-hydrogen) atoms. The topological polar surface area (TPSA) is 86.5 Å². The van der Waals surface area contributed by atoms with E-state index in [-0.39, 0.29) is 6.04 Å². The van der Waals surface area contributed by atoms with Gasteiger partial charge in [-0.05, 0) is 12.8 Å². The highest BCUT2D eigenvalue weighted by Gasteiger charge is 2.32. The van der Waals surface area contributed by atoms with E-state index in [1.165, 1.54) is 11.1 Å². The van der Waals surface area contributed by atoms with Crippen LogP contribution >= 0.6 is 0 Å². The quantitative estimate of drug-likeness (QED) is 0.698. The Labute approximate surface area is 79.1 Å². The summed E-state index contributed by atoms with van der Waals surface area (Å²) >= 11 is 0. The van der Waals surface area contributed by atoms with Gasteiger partial charge in [0.2, 0.25) is 0 Å². The lowest BCUT2D eigenvalue weighted by atomic mass is 10.2. The number of rotatable bonds is 1. The van der Waals surface area contributed by atoms with Gasteiger partial charge >= 0.3 is 11.8 Å². The number of likely N-dealkylation sites (tertiary alicyclic amines) is 1. The SMILES string of the molecule is O=C(O)N1CCCC1c1c[nH]c(=O)o1. The van der Waals surface area contributed by atoms with Crippen LogP contribution in [0.1, 0.15) is 24.6 Å². The van der Waals surface area contributed by atoms with Crippen LogP contribution in [0.15, 0.2) is 15.4 Å². The highest BCUT2D eigenvalue weighted by atomic mass is 16.4. The number of aromatic amines is 1. The lowest BCUT2D eigenvalue weighted by molar-refractivity contribution is 0.135. The Morgan fingerprint density at radius 3 is 3.07 bits per heavy atom. The fourth-order valence-corrected chi connectivity index (χ4v) is 1.75. The minimum Gasteiger partial charge on any atom is -0.465 e. The summed E-state index contributed by atoms with van der Waals surface area (Å²) in [6, 6.07) is -0.313. The van der Waals surface area contributed by atoms with Crippen molar-refractivity contribution in [1.29, 1.82) is 0 Å². The third-order valence-electron chi connectivity index (χ3n) is 2.37. The third kappa shape index (κ3) is 1.39. The molecule has 1 unspecified atom stereocenters. The van der Waals surface area contributed by atoms with Crippen molar-refractivity contribution in [1.82, 2.24) is 9.88 Å². The van der Waals surface area contributed by atoms with Crippen LogP contribution in [0.2, 0.25) is 0 Å². The molecule has 0 spiro atoms. The second-order valence-corrected chi connectivity index (χ2v) is 3.21. The molecule has 2 rings (SSSR count). The van der Waals surface area contributed by atoms with E-state index >= 15 is 0 Å². The first-order chi connectivity index (χ1) is 6.68. The van der Waals surface area contributed by atoms with Crippen LogP contribution in [-0.2, 0) is 0 Å². The fourth-order valence-electron chi connectivity index (χ4n) is 1.75. The molecular weight excluding hydrogens is 188 g/mol. The van der Waals surface area contributed by atoms with Crippen LogP contribution in [0.3, 0.4) is 0 Å². The summed E-state index contributed by atoms with van der Waals surface area (Å²) in [6.45, 7) is 0.495. The Hall–Kier alpha value is -1.72. The molecule has 1 saturated heterocycles. The summed E-state index contributed by atoms with van der Waals surface area (Å²) in [5, 5.41) is 8.85. The lowest BCUT2D eigenvalue weighted by Crippen LogP contribution is -2.28. The molecule has 0 bridgehead atoms. The van der Waals surface area contributed by atoms with Crippen LogP contribution in [0.25, 0.3) is 0 Å². The molecule has 0 saturated carbocycles. The molecule has 1 aromatic rings. The number of oxazole rings is 1. The van der Waals surface area contributed by atoms with Gasteiger partial charge in [0, 0.05) is 12.7 Å². The number of aromatic nitrogens is 1. The predicted molar refractivity (Wildman–Crippen MR) is 46.0 cm³/mol. The third-order valence-corrected chi connectivity index (χ3v) is 2.37. The van der Waals surface area contributed by atoms with E-state index in [2.05, 4.69) is 4.98 Å². The van der Waals surface area contributed by atoms with E-state index in [1.807, 2.05) is 0 Å². The molecule has 1 fully saturated rings. The summed E-state index contributed by atoms with van der Waals surface area (Å²) in [5.74, 6) is -0.146. The van der Waals surface area contributed by atoms with Gasteiger partial charge in [-0.1, -0.05) is 0 Å². The summed E-state index contributed by atoms with van der Waals surface area (Å²) < 4.78 is 4.83. The van der Waals surface area contributed by atoms with Crippen molar-refractivity contribution in [3.8, 4) is 0 Å². The molecule has 1 atom stereocenters. The van der Waals surface area contributed by atoms with Gasteiger partial charge < -0.3 is 9.52 Å². The van der Waals surface area contributed by atoms with Crippen LogP contribution in [-0.4, -0.2) is 27.6 Å². The van der Waals surface area contributed by atoms with E-state index in [0.717, 1.165) is 6.42 Å². The molecule has 2 N–H and O–H groups in total. The van der Waals surface area contributed by atoms with Gasteiger partial charge in [-0.3, -0.25) is 9.88 Å². The molecular formula is C8H10N2O4. The van der Waals surface area contributed by atoms with Crippen molar-refractivity contribution in [3.05, 3.63) is 22.5 Å². The average molecular weight is 198 g/mol. The summed E-state index contributed by atoms with van der Waals surface area (Å²) in [7, 11) is 0. The minimum absolute atomic E-state index is 0.313. The minimum atomic E-state index is -0.976. The smallest absolute Gasteiger partial charge is 0.416 e. The lowest BCUT2D eigenvalue weighted by Gasteiger charge is -2.18. The molecule has 6 nitrogen and oxygen atoms in total. The Morgan fingerprint density at radius 2 is 2.50 bits per heavy atom. The van der Waals surface area contributed by atoms with Crippen molar-refractivity contribution < 1.29 is 14.3 Å². The molecule has 1 aliphatic rings. The zero-order valence-corrected chi connectivity index (χ0v) is 7.40. The number of H-pyrrole nitrogens is 1. The molecule has 0 aliphatic carbocycles. The summed E-state index contributed by atoms with van der Waals surface area (Å²) in [5.41, 5.74) is 0. The number of carboxylic acid groups (broad SMARTS) is 1. The molecule has 1 aliphatic heterocycles. The maximum absolute atomic E-state index is 10.8. The number of hydrogen-bond donors (Lipinski definition) is 2. The molecule has 0 radical (unpaired) electrons. The first kappa shape index (κ1) is 8.86. The van der Waals surface area contributed by atoms with Crippen molar-refractivity contribution in [2.24, 2.45) is 0 Å². The highest BCUT2D eigenvalue weighted by Crippen LogP contribution is 2.30. The van der Waals surface area contributed by atoms with Gasteiger partial charge in [0.1, 0.15) is 5.76 Å². The molecule has 0 aromatic carbocycles. The maximum atomic E-state index is 10.8. The van der Waals surface area contributed by atoms with Crippen LogP contribution < -0.4 is 5.76 Å². The number of nitrogens with zero attached hydrogens (tertiary/aromatic N) is 1. The van der Waals surface area contributed by atoms with Crippen molar-refractivity contribution in [2.45, 2.75) is 18.9 Å². The molecule has 1 amide bonds. The standard InChI is InChI=1S/C8H10N2O4/c11-7-9-4-6(14-7)5-2-1-3-10(5)8(12)13/h4-5H,1-3H2,(H,9,11)(H,12,13). The van der Waals surface area contributed by atoms with Crippen molar-refractivity contribution in [3.63, 3.8) is 0 Å². The van der Waals surface area contributed by atoms with E-state index in [1.54, 1.807) is 0 Å². The fraction of sp³-hybridized carbons (Fsp3) is 0.500. The second kappa shape index (κ2) is 3.21. The zero-order chi connectivity index (χ0) is 10.1. The highest BCUT2D eigenvalue weighted by molar-refractivity contribution is 5.66. The summed E-state index contributed by atoms with van der Waals surface area (Å²) in [6.07, 6.45) is 1.95. The van der Waals surface area contributed by atoms with Gasteiger partial charge in [0.15, 0.2) is 0 Å². The maximum Gasteiger partial charge on any atom is 0.416 e. The first-order valence-electron chi connectivity index (χ1n) is 4.36. The van der Waals surface area contributed by atoms with Crippen LogP contribution in [0.4, 0.5) is 4.79 Å². The molecule has 6 heteroatoms. The first-order valence-corrected chi connectivity index (χ1v) is 4.36. The van der Waals surface area contributed by atoms with E-state index in [0.29, 0.717) is 18.7 Å². The average Bonchev–Trinajstić information content (AvgIpc) is 2.70. The number of amides is 1. The molecule has 2 heterocycles. The van der Waals surface area contributed by atoms with Crippen molar-refractivity contribution >= 4 is 6.09 Å². The Kier molecular flexibility index (Phi) is 2.03. The van der Waals surface area contributed by atoms with Gasteiger partial charge in [0.05, 0.1) is 6.04 Å². The van der Waals surface area contributed by atoms with Gasteiger partial charge in [0.25, 0.3) is 0 Å². The Morgan fingerprint density at radius 1 is 1.71 bits per heavy atom. The number of nitrogens with one attached hydrogen (secondary N) is 1. The largest absolute Gasteiger partial charge is 0.465 e. The van der Waals surface area contributed by atoms with E-state index in [9.17, 15) is 9.59 Å². The Bertz CT molecular complexity index is 394.